The number of fused-ring (bicyclic) bond motifs is 1. The lowest BCUT2D eigenvalue weighted by molar-refractivity contribution is -0.118. The lowest BCUT2D eigenvalue weighted by Crippen LogP contribution is -2.20. The summed E-state index contributed by atoms with van der Waals surface area (Å²) in [6, 6.07) is 12.3. The molecule has 0 fully saturated rings. The molecule has 9 nitrogen and oxygen atoms in total. The molecule has 1 aliphatic rings. The highest BCUT2D eigenvalue weighted by atomic mass is 16.7. The van der Waals surface area contributed by atoms with Gasteiger partial charge in [-0.05, 0) is 34.7 Å². The van der Waals surface area contributed by atoms with Crippen LogP contribution in [0.2, 0.25) is 0 Å². The van der Waals surface area contributed by atoms with Crippen LogP contribution in [0.4, 0.5) is 5.69 Å². The average Bonchev–Trinajstić information content (AvgIpc) is 3.31. The average molecular weight is 339 g/mol. The summed E-state index contributed by atoms with van der Waals surface area (Å²) in [5, 5.41) is 13.7. The summed E-state index contributed by atoms with van der Waals surface area (Å²) in [7, 11) is 0. The first-order valence-electron chi connectivity index (χ1n) is 7.44. The summed E-state index contributed by atoms with van der Waals surface area (Å²) >= 11 is 0. The zero-order valence-electron chi connectivity index (χ0n) is 13.0. The first-order chi connectivity index (χ1) is 12.3. The summed E-state index contributed by atoms with van der Waals surface area (Å²) in [5.41, 5.74) is 1.35. The Morgan fingerprint density at radius 2 is 2.12 bits per heavy atom. The molecule has 25 heavy (non-hydrogen) atoms. The SMILES string of the molecule is O=C(COc1cccc(-n2cnnn2)c1)Nc1ccc2c(c1)OCO2. The molecule has 0 spiro atoms. The van der Waals surface area contributed by atoms with E-state index in [0.29, 0.717) is 22.9 Å². The van der Waals surface area contributed by atoms with Crippen molar-refractivity contribution in [1.82, 2.24) is 20.2 Å². The first-order valence-corrected chi connectivity index (χ1v) is 7.44. The molecule has 0 saturated heterocycles. The van der Waals surface area contributed by atoms with E-state index in [1.807, 2.05) is 6.07 Å². The van der Waals surface area contributed by atoms with Gasteiger partial charge in [0.2, 0.25) is 6.79 Å². The third-order valence-electron chi connectivity index (χ3n) is 3.46. The zero-order chi connectivity index (χ0) is 17.1. The number of tetrazole rings is 1. The van der Waals surface area contributed by atoms with E-state index in [0.717, 1.165) is 5.69 Å². The fourth-order valence-corrected chi connectivity index (χ4v) is 2.32. The molecule has 0 unspecified atom stereocenters. The number of carbonyl (C=O) groups excluding carboxylic acids is 1. The standard InChI is InChI=1S/C16H13N5O4/c22-16(18-11-4-5-14-15(6-11)25-10-24-14)8-23-13-3-1-2-12(7-13)21-9-17-19-20-21/h1-7,9H,8,10H2,(H,18,22). The Morgan fingerprint density at radius 3 is 3.00 bits per heavy atom. The number of hydrogen-bond donors (Lipinski definition) is 1. The molecule has 126 valence electrons. The van der Waals surface area contributed by atoms with Crippen LogP contribution in [-0.4, -0.2) is 39.5 Å². The minimum absolute atomic E-state index is 0.131. The topological polar surface area (TPSA) is 100 Å². The van der Waals surface area contributed by atoms with Crippen molar-refractivity contribution in [3.05, 3.63) is 48.8 Å². The van der Waals surface area contributed by atoms with Gasteiger partial charge in [-0.15, -0.1) is 5.10 Å². The van der Waals surface area contributed by atoms with E-state index in [1.54, 1.807) is 36.4 Å². The largest absolute Gasteiger partial charge is 0.484 e. The maximum absolute atomic E-state index is 12.1. The predicted molar refractivity (Wildman–Crippen MR) is 85.8 cm³/mol. The van der Waals surface area contributed by atoms with Crippen molar-refractivity contribution in [2.75, 3.05) is 18.7 Å². The normalized spacial score (nSPS) is 12.0. The minimum Gasteiger partial charge on any atom is -0.484 e. The number of hydrogen-bond acceptors (Lipinski definition) is 7. The Bertz CT molecular complexity index is 897. The lowest BCUT2D eigenvalue weighted by atomic mass is 10.3. The molecule has 4 rings (SSSR count). The van der Waals surface area contributed by atoms with Crippen molar-refractivity contribution in [3.8, 4) is 22.9 Å². The van der Waals surface area contributed by atoms with Gasteiger partial charge in [0.1, 0.15) is 12.1 Å². The zero-order valence-corrected chi connectivity index (χ0v) is 13.0. The maximum Gasteiger partial charge on any atom is 0.262 e. The predicted octanol–water partition coefficient (Wildman–Crippen LogP) is 1.41. The van der Waals surface area contributed by atoms with Gasteiger partial charge in [0, 0.05) is 17.8 Å². The van der Waals surface area contributed by atoms with Crippen LogP contribution in [0.5, 0.6) is 17.2 Å². The summed E-state index contributed by atoms with van der Waals surface area (Å²) < 4.78 is 17.5. The lowest BCUT2D eigenvalue weighted by Gasteiger charge is -2.09. The molecular formula is C16H13N5O4. The molecule has 1 amide bonds. The summed E-state index contributed by atoms with van der Waals surface area (Å²) in [4.78, 5) is 12.1. The number of benzene rings is 2. The third kappa shape index (κ3) is 3.34. The van der Waals surface area contributed by atoms with Crippen molar-refractivity contribution in [3.63, 3.8) is 0 Å². The Morgan fingerprint density at radius 1 is 1.20 bits per heavy atom. The highest BCUT2D eigenvalue weighted by Crippen LogP contribution is 2.34. The minimum atomic E-state index is -0.285. The highest BCUT2D eigenvalue weighted by molar-refractivity contribution is 5.92. The number of rotatable bonds is 5. The Labute approximate surface area is 142 Å². The maximum atomic E-state index is 12.1. The van der Waals surface area contributed by atoms with Crippen LogP contribution in [0.1, 0.15) is 0 Å². The fourth-order valence-electron chi connectivity index (χ4n) is 2.32. The van der Waals surface area contributed by atoms with Crippen LogP contribution in [0.3, 0.4) is 0 Å². The van der Waals surface area contributed by atoms with Crippen molar-refractivity contribution in [2.24, 2.45) is 0 Å². The molecule has 0 bridgehead atoms. The summed E-state index contributed by atoms with van der Waals surface area (Å²) in [5.74, 6) is 1.52. The molecule has 3 aromatic rings. The summed E-state index contributed by atoms with van der Waals surface area (Å²) in [6.45, 7) is 0.0565. The van der Waals surface area contributed by atoms with Crippen LogP contribution in [-0.2, 0) is 4.79 Å². The molecule has 9 heteroatoms. The molecule has 1 aromatic heterocycles. The molecule has 0 radical (unpaired) electrons. The monoisotopic (exact) mass is 339 g/mol. The number of nitrogens with zero attached hydrogens (tertiary/aromatic N) is 4. The van der Waals surface area contributed by atoms with Crippen molar-refractivity contribution < 1.29 is 19.0 Å². The van der Waals surface area contributed by atoms with Gasteiger partial charge in [-0.2, -0.15) is 0 Å². The van der Waals surface area contributed by atoms with Gasteiger partial charge < -0.3 is 19.5 Å². The number of anilines is 1. The van der Waals surface area contributed by atoms with Crippen molar-refractivity contribution >= 4 is 11.6 Å². The smallest absolute Gasteiger partial charge is 0.262 e. The molecule has 0 aliphatic carbocycles. The highest BCUT2D eigenvalue weighted by Gasteiger charge is 2.14. The van der Waals surface area contributed by atoms with E-state index in [2.05, 4.69) is 20.8 Å². The van der Waals surface area contributed by atoms with Gasteiger partial charge in [-0.1, -0.05) is 6.07 Å². The molecule has 0 atom stereocenters. The van der Waals surface area contributed by atoms with E-state index < -0.39 is 0 Å². The van der Waals surface area contributed by atoms with E-state index in [9.17, 15) is 4.79 Å². The van der Waals surface area contributed by atoms with Crippen LogP contribution in [0, 0.1) is 0 Å². The van der Waals surface area contributed by atoms with E-state index in [4.69, 9.17) is 14.2 Å². The second kappa shape index (κ2) is 6.48. The third-order valence-corrected chi connectivity index (χ3v) is 3.46. The molecule has 1 aliphatic heterocycles. The second-order valence-corrected chi connectivity index (χ2v) is 5.16. The van der Waals surface area contributed by atoms with Gasteiger partial charge in [0.25, 0.3) is 5.91 Å². The molecule has 0 saturated carbocycles. The fraction of sp³-hybridized carbons (Fsp3) is 0.125. The van der Waals surface area contributed by atoms with E-state index in [1.165, 1.54) is 11.0 Å². The molecular weight excluding hydrogens is 326 g/mol. The molecule has 1 N–H and O–H groups in total. The van der Waals surface area contributed by atoms with E-state index in [-0.39, 0.29) is 19.3 Å². The number of aromatic nitrogens is 4. The van der Waals surface area contributed by atoms with Crippen LogP contribution < -0.4 is 19.5 Å². The van der Waals surface area contributed by atoms with Gasteiger partial charge in [0.15, 0.2) is 18.1 Å². The van der Waals surface area contributed by atoms with Crippen LogP contribution in [0.15, 0.2) is 48.8 Å². The first kappa shape index (κ1) is 14.9. The Kier molecular flexibility index (Phi) is 3.87. The number of amides is 1. The summed E-state index contributed by atoms with van der Waals surface area (Å²) in [6.07, 6.45) is 1.48. The Balaban J connectivity index is 1.37. The van der Waals surface area contributed by atoms with E-state index >= 15 is 0 Å². The molecule has 2 aromatic carbocycles. The van der Waals surface area contributed by atoms with Gasteiger partial charge in [0.05, 0.1) is 5.69 Å². The second-order valence-electron chi connectivity index (χ2n) is 5.16. The van der Waals surface area contributed by atoms with Crippen molar-refractivity contribution in [2.45, 2.75) is 0 Å². The van der Waals surface area contributed by atoms with Gasteiger partial charge in [-0.3, -0.25) is 4.79 Å². The quantitative estimate of drug-likeness (QED) is 0.750. The van der Waals surface area contributed by atoms with Crippen LogP contribution >= 0.6 is 0 Å². The van der Waals surface area contributed by atoms with Gasteiger partial charge >= 0.3 is 0 Å². The Hall–Kier alpha value is -3.62. The van der Waals surface area contributed by atoms with Crippen molar-refractivity contribution in [1.29, 1.82) is 0 Å². The van der Waals surface area contributed by atoms with Gasteiger partial charge in [-0.25, -0.2) is 4.68 Å². The molecule has 2 heterocycles. The van der Waals surface area contributed by atoms with Crippen LogP contribution in [0.25, 0.3) is 5.69 Å². The number of carbonyl (C=O) groups is 1. The number of ether oxygens (including phenoxy) is 3. The number of nitrogens with one attached hydrogen (secondary N) is 1.